The third-order valence-corrected chi connectivity index (χ3v) is 3.35. The fourth-order valence-corrected chi connectivity index (χ4v) is 2.17. The summed E-state index contributed by atoms with van der Waals surface area (Å²) in [5, 5.41) is 10.7. The van der Waals surface area contributed by atoms with Gasteiger partial charge < -0.3 is 9.47 Å². The second kappa shape index (κ2) is 6.24. The van der Waals surface area contributed by atoms with Gasteiger partial charge in [-0.3, -0.25) is 4.79 Å². The number of carbonyl (C=O) groups is 1. The Kier molecular flexibility index (Phi) is 4.40. The number of aromatic amines is 1. The van der Waals surface area contributed by atoms with Crippen molar-refractivity contribution < 1.29 is 14.3 Å². The van der Waals surface area contributed by atoms with E-state index < -0.39 is 0 Å². The molecule has 2 rings (SSSR count). The largest absolute Gasteiger partial charge is 0.493 e. The van der Waals surface area contributed by atoms with Crippen molar-refractivity contribution in [1.82, 2.24) is 15.4 Å². The van der Waals surface area contributed by atoms with E-state index in [4.69, 9.17) is 9.47 Å². The van der Waals surface area contributed by atoms with Crippen molar-refractivity contribution in [3.8, 4) is 11.5 Å². The second-order valence-corrected chi connectivity index (χ2v) is 4.59. The second-order valence-electron chi connectivity index (χ2n) is 3.59. The van der Waals surface area contributed by atoms with Crippen molar-refractivity contribution in [2.45, 2.75) is 5.03 Å². The number of benzene rings is 1. The van der Waals surface area contributed by atoms with Crippen LogP contribution in [0.1, 0.15) is 10.4 Å². The van der Waals surface area contributed by atoms with Crippen molar-refractivity contribution in [2.75, 3.05) is 20.0 Å². The zero-order valence-corrected chi connectivity index (χ0v) is 11.4. The number of ether oxygens (including phenoxy) is 2. The van der Waals surface area contributed by atoms with Crippen molar-refractivity contribution in [3.63, 3.8) is 0 Å². The Morgan fingerprint density at radius 3 is 2.74 bits per heavy atom. The van der Waals surface area contributed by atoms with E-state index in [1.54, 1.807) is 31.5 Å². The van der Waals surface area contributed by atoms with Gasteiger partial charge in [0.25, 0.3) is 0 Å². The van der Waals surface area contributed by atoms with Crippen LogP contribution in [-0.4, -0.2) is 41.2 Å². The summed E-state index contributed by atoms with van der Waals surface area (Å²) in [6.07, 6.45) is 1.58. The molecule has 1 aromatic carbocycles. The maximum atomic E-state index is 12.0. The van der Waals surface area contributed by atoms with Crippen LogP contribution in [0.5, 0.6) is 11.5 Å². The highest BCUT2D eigenvalue weighted by molar-refractivity contribution is 7.99. The van der Waals surface area contributed by atoms with Gasteiger partial charge in [-0.1, -0.05) is 11.8 Å². The molecule has 1 aromatic heterocycles. The maximum Gasteiger partial charge on any atom is 0.173 e. The number of hydrogen-bond donors (Lipinski definition) is 1. The molecular weight excluding hydrogens is 266 g/mol. The van der Waals surface area contributed by atoms with Crippen molar-refractivity contribution >= 4 is 17.5 Å². The van der Waals surface area contributed by atoms with E-state index in [0.717, 1.165) is 0 Å². The molecule has 1 heterocycles. The summed E-state index contributed by atoms with van der Waals surface area (Å²) in [6.45, 7) is 0. The third kappa shape index (κ3) is 3.25. The molecule has 100 valence electrons. The summed E-state index contributed by atoms with van der Waals surface area (Å²) in [5.41, 5.74) is 0.577. The number of carbonyl (C=O) groups excluding carboxylic acids is 1. The normalized spacial score (nSPS) is 10.2. The lowest BCUT2D eigenvalue weighted by Crippen LogP contribution is -2.03. The lowest BCUT2D eigenvalue weighted by atomic mass is 10.1. The molecule has 0 radical (unpaired) electrons. The Hall–Kier alpha value is -2.02. The first-order valence-corrected chi connectivity index (χ1v) is 6.47. The SMILES string of the molecule is COc1ccc(C(=O)CSc2cn[nH]n2)cc1OC. The molecule has 0 aliphatic carbocycles. The zero-order chi connectivity index (χ0) is 13.7. The number of ketones is 1. The van der Waals surface area contributed by atoms with E-state index >= 15 is 0 Å². The van der Waals surface area contributed by atoms with Crippen LogP contribution in [0.25, 0.3) is 0 Å². The Labute approximate surface area is 114 Å². The van der Waals surface area contributed by atoms with Crippen LogP contribution in [-0.2, 0) is 0 Å². The average Bonchev–Trinajstić information content (AvgIpc) is 2.97. The van der Waals surface area contributed by atoms with Gasteiger partial charge in [0.2, 0.25) is 0 Å². The molecule has 0 atom stereocenters. The van der Waals surface area contributed by atoms with E-state index in [0.29, 0.717) is 27.8 Å². The maximum absolute atomic E-state index is 12.0. The van der Waals surface area contributed by atoms with Gasteiger partial charge in [-0.25, -0.2) is 0 Å². The quantitative estimate of drug-likeness (QED) is 0.641. The molecule has 0 unspecified atom stereocenters. The van der Waals surface area contributed by atoms with Crippen LogP contribution in [0, 0.1) is 0 Å². The number of Topliss-reactive ketones (excluding diaryl/α,β-unsaturated/α-hetero) is 1. The highest BCUT2D eigenvalue weighted by Gasteiger charge is 2.11. The lowest BCUT2D eigenvalue weighted by Gasteiger charge is -2.08. The first-order valence-electron chi connectivity index (χ1n) is 5.48. The van der Waals surface area contributed by atoms with E-state index in [9.17, 15) is 4.79 Å². The van der Waals surface area contributed by atoms with Crippen molar-refractivity contribution in [3.05, 3.63) is 30.0 Å². The van der Waals surface area contributed by atoms with Gasteiger partial charge in [0.05, 0.1) is 26.2 Å². The Morgan fingerprint density at radius 2 is 2.11 bits per heavy atom. The number of nitrogens with one attached hydrogen (secondary N) is 1. The van der Waals surface area contributed by atoms with Crippen LogP contribution >= 0.6 is 11.8 Å². The van der Waals surface area contributed by atoms with Crippen LogP contribution in [0.3, 0.4) is 0 Å². The minimum Gasteiger partial charge on any atom is -0.493 e. The van der Waals surface area contributed by atoms with Crippen LogP contribution < -0.4 is 9.47 Å². The van der Waals surface area contributed by atoms with Gasteiger partial charge in [0.15, 0.2) is 17.3 Å². The summed E-state index contributed by atoms with van der Waals surface area (Å²) < 4.78 is 10.3. The summed E-state index contributed by atoms with van der Waals surface area (Å²) >= 11 is 1.33. The fraction of sp³-hybridized carbons (Fsp3) is 0.250. The van der Waals surface area contributed by atoms with Gasteiger partial charge in [-0.15, -0.1) is 5.10 Å². The number of methoxy groups -OCH3 is 2. The molecule has 0 saturated heterocycles. The van der Waals surface area contributed by atoms with Crippen LogP contribution in [0.2, 0.25) is 0 Å². The van der Waals surface area contributed by atoms with E-state index in [-0.39, 0.29) is 5.78 Å². The molecule has 0 aliphatic heterocycles. The molecule has 19 heavy (non-hydrogen) atoms. The molecule has 7 heteroatoms. The molecule has 2 aromatic rings. The van der Waals surface area contributed by atoms with Gasteiger partial charge in [0, 0.05) is 5.56 Å². The number of rotatable bonds is 6. The number of thioether (sulfide) groups is 1. The molecule has 0 saturated carbocycles. The van der Waals surface area contributed by atoms with Gasteiger partial charge >= 0.3 is 0 Å². The molecule has 0 fully saturated rings. The van der Waals surface area contributed by atoms with Crippen LogP contribution in [0.4, 0.5) is 0 Å². The van der Waals surface area contributed by atoms with Gasteiger partial charge in [-0.2, -0.15) is 10.3 Å². The Bertz CT molecular complexity index is 557. The molecule has 0 spiro atoms. The highest BCUT2D eigenvalue weighted by atomic mass is 32.2. The summed E-state index contributed by atoms with van der Waals surface area (Å²) in [5.74, 6) is 1.43. The first-order chi connectivity index (χ1) is 9.24. The molecular formula is C12H13N3O3S. The minimum absolute atomic E-state index is 0.00560. The average molecular weight is 279 g/mol. The number of nitrogens with zero attached hydrogens (tertiary/aromatic N) is 2. The predicted molar refractivity (Wildman–Crippen MR) is 71.0 cm³/mol. The summed E-state index contributed by atoms with van der Waals surface area (Å²) in [7, 11) is 3.09. The number of hydrogen-bond acceptors (Lipinski definition) is 6. The predicted octanol–water partition coefficient (Wildman–Crippen LogP) is 1.80. The first kappa shape index (κ1) is 13.4. The van der Waals surface area contributed by atoms with Crippen LogP contribution in [0.15, 0.2) is 29.4 Å². The fourth-order valence-electron chi connectivity index (χ4n) is 1.49. The lowest BCUT2D eigenvalue weighted by molar-refractivity contribution is 0.102. The number of H-pyrrole nitrogens is 1. The molecule has 0 amide bonds. The van der Waals surface area contributed by atoms with E-state index in [1.165, 1.54) is 18.9 Å². The van der Waals surface area contributed by atoms with Crippen molar-refractivity contribution in [2.24, 2.45) is 0 Å². The van der Waals surface area contributed by atoms with E-state index in [2.05, 4.69) is 15.4 Å². The molecule has 1 N–H and O–H groups in total. The minimum atomic E-state index is -0.00560. The highest BCUT2D eigenvalue weighted by Crippen LogP contribution is 2.28. The zero-order valence-electron chi connectivity index (χ0n) is 10.5. The summed E-state index contributed by atoms with van der Waals surface area (Å²) in [4.78, 5) is 12.0. The smallest absolute Gasteiger partial charge is 0.173 e. The molecule has 6 nitrogen and oxygen atoms in total. The standard InChI is InChI=1S/C12H13N3O3S/c1-17-10-4-3-8(5-11(10)18-2)9(16)7-19-12-6-13-15-14-12/h3-6H,7H2,1-2H3,(H,13,14,15). The van der Waals surface area contributed by atoms with Gasteiger partial charge in [-0.05, 0) is 18.2 Å². The molecule has 0 aliphatic rings. The van der Waals surface area contributed by atoms with E-state index in [1.807, 2.05) is 0 Å². The van der Waals surface area contributed by atoms with Gasteiger partial charge in [0.1, 0.15) is 5.03 Å². The number of aromatic nitrogens is 3. The Balaban J connectivity index is 2.06. The molecule has 0 bridgehead atoms. The van der Waals surface area contributed by atoms with Crippen molar-refractivity contribution in [1.29, 1.82) is 0 Å². The third-order valence-electron chi connectivity index (χ3n) is 2.45. The topological polar surface area (TPSA) is 77.1 Å². The monoisotopic (exact) mass is 279 g/mol. The Morgan fingerprint density at radius 1 is 1.32 bits per heavy atom. The summed E-state index contributed by atoms with van der Waals surface area (Å²) in [6, 6.07) is 5.10.